The first-order chi connectivity index (χ1) is 5.72. The van der Waals surface area contributed by atoms with E-state index in [1.54, 1.807) is 0 Å². The Kier molecular flexibility index (Phi) is 3.46. The van der Waals surface area contributed by atoms with E-state index in [0.717, 1.165) is 0 Å². The normalized spacial score (nSPS) is 9.92. The summed E-state index contributed by atoms with van der Waals surface area (Å²) in [5, 5.41) is 11.2. The topological polar surface area (TPSA) is 70.9 Å². The molecular weight excluding hydrogens is 203 g/mol. The molecule has 66 valence electrons. The fourth-order valence-corrected chi connectivity index (χ4v) is 0.936. The van der Waals surface area contributed by atoms with Crippen LogP contribution in [0, 0.1) is 0 Å². The maximum atomic E-state index is 8.47. The monoisotopic (exact) mass is 208 g/mol. The van der Waals surface area contributed by atoms with E-state index in [4.69, 9.17) is 28.3 Å². The molecule has 1 aromatic rings. The number of aliphatic hydroxyl groups excluding tert-OH is 1. The molecule has 12 heavy (non-hydrogen) atoms. The molecule has 0 saturated heterocycles. The second-order valence-corrected chi connectivity index (χ2v) is 2.52. The van der Waals surface area contributed by atoms with Crippen LogP contribution in [0.3, 0.4) is 0 Å². The number of aromatic nitrogens is 3. The van der Waals surface area contributed by atoms with Crippen molar-refractivity contribution in [2.75, 3.05) is 18.5 Å². The van der Waals surface area contributed by atoms with Gasteiger partial charge < -0.3 is 10.4 Å². The van der Waals surface area contributed by atoms with Crippen molar-refractivity contribution in [3.05, 3.63) is 10.6 Å². The molecule has 0 aliphatic heterocycles. The van der Waals surface area contributed by atoms with E-state index in [1.807, 2.05) is 0 Å². The van der Waals surface area contributed by atoms with Crippen LogP contribution in [0.5, 0.6) is 0 Å². The molecule has 7 heteroatoms. The van der Waals surface area contributed by atoms with Gasteiger partial charge in [-0.3, -0.25) is 0 Å². The number of aliphatic hydroxyl groups is 1. The third-order valence-corrected chi connectivity index (χ3v) is 1.31. The molecule has 2 N–H and O–H groups in total. The molecule has 0 aliphatic carbocycles. The largest absolute Gasteiger partial charge is 0.395 e. The summed E-state index contributed by atoms with van der Waals surface area (Å²) < 4.78 is 0. The van der Waals surface area contributed by atoms with Crippen LogP contribution >= 0.6 is 23.2 Å². The Labute approximate surface area is 78.8 Å². The van der Waals surface area contributed by atoms with Crippen molar-refractivity contribution in [1.29, 1.82) is 0 Å². The number of halogens is 2. The van der Waals surface area contributed by atoms with Gasteiger partial charge in [-0.15, -0.1) is 0 Å². The minimum absolute atomic E-state index is 0.0130. The van der Waals surface area contributed by atoms with Gasteiger partial charge in [0.2, 0.25) is 16.5 Å². The van der Waals surface area contributed by atoms with Gasteiger partial charge in [-0.05, 0) is 23.2 Å². The molecule has 0 aromatic carbocycles. The average Bonchev–Trinajstić information content (AvgIpc) is 1.99. The van der Waals surface area contributed by atoms with Crippen LogP contribution in [0.2, 0.25) is 10.6 Å². The van der Waals surface area contributed by atoms with Crippen LogP contribution in [0.4, 0.5) is 5.95 Å². The zero-order valence-electron chi connectivity index (χ0n) is 5.96. The highest BCUT2D eigenvalue weighted by molar-refractivity contribution is 6.31. The Bertz CT molecular complexity index is 249. The second kappa shape index (κ2) is 4.39. The van der Waals surface area contributed by atoms with Gasteiger partial charge in [0, 0.05) is 6.54 Å². The van der Waals surface area contributed by atoms with Crippen molar-refractivity contribution in [3.8, 4) is 0 Å². The maximum Gasteiger partial charge on any atom is 0.228 e. The molecule has 0 amide bonds. The lowest BCUT2D eigenvalue weighted by molar-refractivity contribution is 0.311. The summed E-state index contributed by atoms with van der Waals surface area (Å²) in [4.78, 5) is 11.0. The minimum atomic E-state index is -0.0130. The Balaban J connectivity index is 2.72. The molecule has 0 spiro atoms. The van der Waals surface area contributed by atoms with Gasteiger partial charge in [0.1, 0.15) is 0 Å². The number of rotatable bonds is 3. The van der Waals surface area contributed by atoms with Gasteiger partial charge >= 0.3 is 0 Å². The Morgan fingerprint density at radius 3 is 2.25 bits per heavy atom. The first kappa shape index (κ1) is 9.44. The van der Waals surface area contributed by atoms with E-state index in [1.165, 1.54) is 0 Å². The lowest BCUT2D eigenvalue weighted by atomic mass is 10.7. The lowest BCUT2D eigenvalue weighted by Crippen LogP contribution is -2.09. The number of nitrogens with zero attached hydrogens (tertiary/aromatic N) is 3. The van der Waals surface area contributed by atoms with Crippen LogP contribution in [0.15, 0.2) is 0 Å². The Hall–Kier alpha value is -0.650. The van der Waals surface area contributed by atoms with Crippen molar-refractivity contribution in [2.24, 2.45) is 0 Å². The standard InChI is InChI=1S/C5H6Cl2N4O/c6-3-9-4(7)11-5(10-3)8-1-2-12/h12H,1-2H2,(H,8,9,10,11). The van der Waals surface area contributed by atoms with E-state index in [9.17, 15) is 0 Å². The molecule has 5 nitrogen and oxygen atoms in total. The van der Waals surface area contributed by atoms with Crippen molar-refractivity contribution in [1.82, 2.24) is 15.0 Å². The first-order valence-corrected chi connectivity index (χ1v) is 3.90. The SMILES string of the molecule is OCCNc1nc(Cl)nc(Cl)n1. The first-order valence-electron chi connectivity index (χ1n) is 3.14. The number of anilines is 1. The van der Waals surface area contributed by atoms with Crippen LogP contribution in [-0.4, -0.2) is 33.2 Å². The summed E-state index contributed by atoms with van der Waals surface area (Å²) in [6.45, 7) is 0.331. The van der Waals surface area contributed by atoms with Gasteiger partial charge in [-0.1, -0.05) is 0 Å². The molecule has 1 aromatic heterocycles. The van der Waals surface area contributed by atoms with Gasteiger partial charge in [-0.2, -0.15) is 15.0 Å². The summed E-state index contributed by atoms with van der Waals surface area (Å²) in [5.74, 6) is 0.258. The lowest BCUT2D eigenvalue weighted by Gasteiger charge is -2.01. The van der Waals surface area contributed by atoms with E-state index in [-0.39, 0.29) is 23.1 Å². The summed E-state index contributed by atoms with van der Waals surface area (Å²) in [5.41, 5.74) is 0. The zero-order chi connectivity index (χ0) is 8.97. The van der Waals surface area contributed by atoms with Crippen molar-refractivity contribution in [2.45, 2.75) is 0 Å². The van der Waals surface area contributed by atoms with Crippen LogP contribution in [-0.2, 0) is 0 Å². The number of nitrogens with one attached hydrogen (secondary N) is 1. The van der Waals surface area contributed by atoms with E-state index < -0.39 is 0 Å². The van der Waals surface area contributed by atoms with Crippen LogP contribution in [0.25, 0.3) is 0 Å². The summed E-state index contributed by atoms with van der Waals surface area (Å²) in [6, 6.07) is 0. The van der Waals surface area contributed by atoms with E-state index >= 15 is 0 Å². The molecule has 0 aliphatic rings. The predicted octanol–water partition coefficient (Wildman–Crippen LogP) is 0.583. The fraction of sp³-hybridized carbons (Fsp3) is 0.400. The molecule has 1 heterocycles. The molecule has 0 unspecified atom stereocenters. The third kappa shape index (κ3) is 2.77. The Morgan fingerprint density at radius 1 is 1.17 bits per heavy atom. The molecule has 0 fully saturated rings. The highest BCUT2D eigenvalue weighted by atomic mass is 35.5. The summed E-state index contributed by atoms with van der Waals surface area (Å²) in [7, 11) is 0. The summed E-state index contributed by atoms with van der Waals surface area (Å²) in [6.07, 6.45) is 0. The predicted molar refractivity (Wildman–Crippen MR) is 45.4 cm³/mol. The zero-order valence-corrected chi connectivity index (χ0v) is 7.47. The number of hydrogen-bond acceptors (Lipinski definition) is 5. The summed E-state index contributed by atoms with van der Waals surface area (Å²) >= 11 is 11.0. The van der Waals surface area contributed by atoms with Gasteiger partial charge in [0.15, 0.2) is 0 Å². The highest BCUT2D eigenvalue weighted by Gasteiger charge is 2.00. The van der Waals surface area contributed by atoms with E-state index in [0.29, 0.717) is 6.54 Å². The van der Waals surface area contributed by atoms with Gasteiger partial charge in [0.25, 0.3) is 0 Å². The van der Waals surface area contributed by atoms with Crippen molar-refractivity contribution in [3.63, 3.8) is 0 Å². The van der Waals surface area contributed by atoms with Crippen LogP contribution < -0.4 is 5.32 Å². The highest BCUT2D eigenvalue weighted by Crippen LogP contribution is 2.08. The molecule has 0 saturated carbocycles. The third-order valence-electron chi connectivity index (χ3n) is 0.976. The molecule has 0 radical (unpaired) electrons. The second-order valence-electron chi connectivity index (χ2n) is 1.85. The number of hydrogen-bond donors (Lipinski definition) is 2. The molecular formula is C5H6Cl2N4O. The van der Waals surface area contributed by atoms with Crippen molar-refractivity contribution >= 4 is 29.2 Å². The fourth-order valence-electron chi connectivity index (χ4n) is 0.573. The van der Waals surface area contributed by atoms with Crippen LogP contribution in [0.1, 0.15) is 0 Å². The molecule has 0 atom stereocenters. The quantitative estimate of drug-likeness (QED) is 0.761. The minimum Gasteiger partial charge on any atom is -0.395 e. The molecule has 1 rings (SSSR count). The smallest absolute Gasteiger partial charge is 0.228 e. The van der Waals surface area contributed by atoms with Gasteiger partial charge in [0.05, 0.1) is 6.61 Å². The van der Waals surface area contributed by atoms with E-state index in [2.05, 4.69) is 20.3 Å². The maximum absolute atomic E-state index is 8.47. The van der Waals surface area contributed by atoms with Gasteiger partial charge in [-0.25, -0.2) is 0 Å². The Morgan fingerprint density at radius 2 is 1.75 bits per heavy atom. The molecule has 0 bridgehead atoms. The van der Waals surface area contributed by atoms with Crippen molar-refractivity contribution < 1.29 is 5.11 Å². The average molecular weight is 209 g/mol.